The van der Waals surface area contributed by atoms with Gasteiger partial charge in [0.2, 0.25) is 0 Å². The number of ether oxygens (including phenoxy) is 1. The number of guanidine groups is 1. The number of nitrogens with zero attached hydrogens (tertiary/aromatic N) is 1. The Labute approximate surface area is 145 Å². The summed E-state index contributed by atoms with van der Waals surface area (Å²) in [6, 6.07) is 6.19. The summed E-state index contributed by atoms with van der Waals surface area (Å²) >= 11 is 0. The highest BCUT2D eigenvalue weighted by Crippen LogP contribution is 2.21. The van der Waals surface area contributed by atoms with Crippen LogP contribution in [0, 0.1) is 19.8 Å². The van der Waals surface area contributed by atoms with Crippen molar-refractivity contribution in [3.05, 3.63) is 29.3 Å². The molecule has 0 aromatic heterocycles. The van der Waals surface area contributed by atoms with Crippen LogP contribution in [-0.4, -0.2) is 32.7 Å². The number of nitrogens with one attached hydrogen (secondary N) is 2. The van der Waals surface area contributed by atoms with Crippen molar-refractivity contribution in [2.24, 2.45) is 10.9 Å². The molecule has 0 aliphatic carbocycles. The van der Waals surface area contributed by atoms with Crippen LogP contribution in [0.3, 0.4) is 0 Å². The molecule has 21 heavy (non-hydrogen) atoms. The van der Waals surface area contributed by atoms with Gasteiger partial charge in [0.25, 0.3) is 0 Å². The van der Waals surface area contributed by atoms with Gasteiger partial charge in [-0.25, -0.2) is 0 Å². The molecule has 1 rings (SSSR count). The first kappa shape index (κ1) is 20.0. The van der Waals surface area contributed by atoms with E-state index in [-0.39, 0.29) is 24.0 Å². The minimum atomic E-state index is 0. The number of benzene rings is 1. The van der Waals surface area contributed by atoms with Gasteiger partial charge < -0.3 is 15.4 Å². The van der Waals surface area contributed by atoms with Crippen LogP contribution < -0.4 is 15.4 Å². The van der Waals surface area contributed by atoms with Crippen molar-refractivity contribution in [1.29, 1.82) is 0 Å². The third-order valence-corrected chi connectivity index (χ3v) is 2.95. The van der Waals surface area contributed by atoms with Crippen LogP contribution in [0.4, 0.5) is 0 Å². The molecule has 0 amide bonds. The van der Waals surface area contributed by atoms with Gasteiger partial charge in [0.15, 0.2) is 5.96 Å². The maximum Gasteiger partial charge on any atom is 0.191 e. The zero-order chi connectivity index (χ0) is 15.0. The smallest absolute Gasteiger partial charge is 0.191 e. The summed E-state index contributed by atoms with van der Waals surface area (Å²) in [5.74, 6) is 2.41. The van der Waals surface area contributed by atoms with Gasteiger partial charge in [-0.1, -0.05) is 32.0 Å². The number of para-hydroxylation sites is 1. The molecule has 2 N–H and O–H groups in total. The number of aliphatic imine (C=N–C) groups is 1. The van der Waals surface area contributed by atoms with E-state index in [2.05, 4.69) is 55.5 Å². The average Bonchev–Trinajstić information content (AvgIpc) is 2.40. The summed E-state index contributed by atoms with van der Waals surface area (Å²) in [6.07, 6.45) is 0. The summed E-state index contributed by atoms with van der Waals surface area (Å²) < 4.78 is 5.84. The van der Waals surface area contributed by atoms with Gasteiger partial charge in [0.1, 0.15) is 12.4 Å². The third-order valence-electron chi connectivity index (χ3n) is 2.95. The van der Waals surface area contributed by atoms with Crippen LogP contribution in [0.2, 0.25) is 0 Å². The molecule has 0 atom stereocenters. The molecule has 0 spiro atoms. The molecule has 0 aliphatic rings. The van der Waals surface area contributed by atoms with E-state index in [1.54, 1.807) is 7.05 Å². The van der Waals surface area contributed by atoms with E-state index in [0.29, 0.717) is 12.5 Å². The fraction of sp³-hybridized carbons (Fsp3) is 0.562. The maximum atomic E-state index is 5.84. The van der Waals surface area contributed by atoms with Gasteiger partial charge in [-0.3, -0.25) is 4.99 Å². The van der Waals surface area contributed by atoms with Gasteiger partial charge in [-0.15, -0.1) is 24.0 Å². The molecule has 0 aliphatic heterocycles. The fourth-order valence-electron chi connectivity index (χ4n) is 1.87. The van der Waals surface area contributed by atoms with Crippen LogP contribution in [-0.2, 0) is 0 Å². The lowest BCUT2D eigenvalue weighted by Crippen LogP contribution is -2.40. The van der Waals surface area contributed by atoms with Crippen LogP contribution in [0.5, 0.6) is 5.75 Å². The van der Waals surface area contributed by atoms with Gasteiger partial charge >= 0.3 is 0 Å². The Bertz CT molecular complexity index is 427. The van der Waals surface area contributed by atoms with Gasteiger partial charge in [0, 0.05) is 13.6 Å². The first-order chi connectivity index (χ1) is 9.54. The van der Waals surface area contributed by atoms with E-state index in [4.69, 9.17) is 4.74 Å². The monoisotopic (exact) mass is 405 g/mol. The normalized spacial score (nSPS) is 11.0. The van der Waals surface area contributed by atoms with Crippen molar-refractivity contribution in [2.75, 3.05) is 26.7 Å². The van der Waals surface area contributed by atoms with Crippen LogP contribution in [0.25, 0.3) is 0 Å². The van der Waals surface area contributed by atoms with E-state index in [1.165, 1.54) is 11.1 Å². The lowest BCUT2D eigenvalue weighted by molar-refractivity contribution is 0.317. The first-order valence-corrected chi connectivity index (χ1v) is 7.18. The SMILES string of the molecule is CN=C(NCCOc1c(C)cccc1C)NCC(C)C.I. The summed E-state index contributed by atoms with van der Waals surface area (Å²) in [6.45, 7) is 10.7. The number of halogens is 1. The predicted molar refractivity (Wildman–Crippen MR) is 101 cm³/mol. The summed E-state index contributed by atoms with van der Waals surface area (Å²) in [5, 5.41) is 6.52. The van der Waals surface area contributed by atoms with Crippen LogP contribution >= 0.6 is 24.0 Å². The molecule has 0 saturated carbocycles. The number of hydrogen-bond donors (Lipinski definition) is 2. The highest BCUT2D eigenvalue weighted by atomic mass is 127. The molecule has 0 radical (unpaired) electrons. The minimum absolute atomic E-state index is 0. The zero-order valence-electron chi connectivity index (χ0n) is 13.7. The minimum Gasteiger partial charge on any atom is -0.491 e. The van der Waals surface area contributed by atoms with E-state index in [1.807, 2.05) is 6.07 Å². The summed E-state index contributed by atoms with van der Waals surface area (Å²) in [4.78, 5) is 4.18. The second-order valence-corrected chi connectivity index (χ2v) is 5.34. The van der Waals surface area contributed by atoms with Crippen molar-refractivity contribution in [1.82, 2.24) is 10.6 Å². The largest absolute Gasteiger partial charge is 0.491 e. The Balaban J connectivity index is 0.00000400. The molecular formula is C16H28IN3O. The quantitative estimate of drug-likeness (QED) is 0.331. The van der Waals surface area contributed by atoms with Gasteiger partial charge in [-0.05, 0) is 30.9 Å². The van der Waals surface area contributed by atoms with Gasteiger partial charge in [-0.2, -0.15) is 0 Å². The molecule has 0 unspecified atom stereocenters. The van der Waals surface area contributed by atoms with Crippen molar-refractivity contribution in [3.63, 3.8) is 0 Å². The molecule has 1 aromatic carbocycles. The molecule has 120 valence electrons. The van der Waals surface area contributed by atoms with Gasteiger partial charge in [0.05, 0.1) is 6.54 Å². The lowest BCUT2D eigenvalue weighted by Gasteiger charge is -2.15. The molecule has 4 nitrogen and oxygen atoms in total. The van der Waals surface area contributed by atoms with E-state index in [0.717, 1.165) is 24.8 Å². The number of rotatable bonds is 6. The molecule has 0 heterocycles. The standard InChI is InChI=1S/C16H27N3O.HI/c1-12(2)11-19-16(17-5)18-9-10-20-15-13(3)7-6-8-14(15)4;/h6-8,12H,9-11H2,1-5H3,(H2,17,18,19);1H. The molecular weight excluding hydrogens is 377 g/mol. The number of hydrogen-bond acceptors (Lipinski definition) is 2. The maximum absolute atomic E-state index is 5.84. The van der Waals surface area contributed by atoms with E-state index >= 15 is 0 Å². The Hall–Kier alpha value is -0.980. The van der Waals surface area contributed by atoms with Crippen LogP contribution in [0.1, 0.15) is 25.0 Å². The summed E-state index contributed by atoms with van der Waals surface area (Å²) in [5.41, 5.74) is 2.35. The molecule has 1 aromatic rings. The van der Waals surface area contributed by atoms with Crippen molar-refractivity contribution < 1.29 is 4.74 Å². The van der Waals surface area contributed by atoms with Crippen LogP contribution in [0.15, 0.2) is 23.2 Å². The molecule has 0 bridgehead atoms. The third kappa shape index (κ3) is 7.55. The summed E-state index contributed by atoms with van der Waals surface area (Å²) in [7, 11) is 1.78. The van der Waals surface area contributed by atoms with E-state index < -0.39 is 0 Å². The zero-order valence-corrected chi connectivity index (χ0v) is 16.0. The highest BCUT2D eigenvalue weighted by molar-refractivity contribution is 14.0. The predicted octanol–water partition coefficient (Wildman–Crippen LogP) is 3.12. The fourth-order valence-corrected chi connectivity index (χ4v) is 1.87. The Kier molecular flexibility index (Phi) is 10.2. The molecule has 0 fully saturated rings. The van der Waals surface area contributed by atoms with Crippen molar-refractivity contribution in [3.8, 4) is 5.75 Å². The number of aryl methyl sites for hydroxylation is 2. The lowest BCUT2D eigenvalue weighted by atomic mass is 10.1. The Morgan fingerprint density at radius 1 is 1.19 bits per heavy atom. The second kappa shape index (κ2) is 10.7. The Morgan fingerprint density at radius 2 is 1.81 bits per heavy atom. The molecule has 0 saturated heterocycles. The highest BCUT2D eigenvalue weighted by Gasteiger charge is 2.03. The second-order valence-electron chi connectivity index (χ2n) is 5.34. The van der Waals surface area contributed by atoms with Crippen molar-refractivity contribution >= 4 is 29.9 Å². The first-order valence-electron chi connectivity index (χ1n) is 7.18. The molecule has 5 heteroatoms. The Morgan fingerprint density at radius 3 is 2.33 bits per heavy atom. The average molecular weight is 405 g/mol. The topological polar surface area (TPSA) is 45.7 Å². The van der Waals surface area contributed by atoms with E-state index in [9.17, 15) is 0 Å². The van der Waals surface area contributed by atoms with Crippen molar-refractivity contribution in [2.45, 2.75) is 27.7 Å².